The van der Waals surface area contributed by atoms with Gasteiger partial charge in [-0.25, -0.2) is 17.2 Å². The number of halogens is 2. The number of rotatable bonds is 4. The Kier molecular flexibility index (Phi) is 4.36. The fraction of sp³-hybridized carbons (Fsp3) is 0.300. The van der Waals surface area contributed by atoms with Gasteiger partial charge in [0.15, 0.2) is 0 Å². The summed E-state index contributed by atoms with van der Waals surface area (Å²) in [5, 5.41) is 0. The molecule has 1 aromatic carbocycles. The fourth-order valence-corrected chi connectivity index (χ4v) is 2.49. The first-order valence-corrected chi connectivity index (χ1v) is 6.31. The molecule has 100 valence electrons. The van der Waals surface area contributed by atoms with Crippen molar-refractivity contribution in [3.05, 3.63) is 29.8 Å². The number of ether oxygens (including phenoxy) is 1. The minimum Gasteiger partial charge on any atom is -0.468 e. The van der Waals surface area contributed by atoms with Crippen LogP contribution >= 0.6 is 0 Å². The van der Waals surface area contributed by atoms with E-state index in [9.17, 15) is 22.0 Å². The van der Waals surface area contributed by atoms with Gasteiger partial charge in [-0.2, -0.15) is 4.72 Å². The molecule has 1 rings (SSSR count). The molecule has 5 nitrogen and oxygen atoms in total. The largest absolute Gasteiger partial charge is 0.468 e. The molecule has 8 heteroatoms. The number of nitrogens with one attached hydrogen (secondary N) is 1. The molecule has 0 saturated heterocycles. The highest BCUT2D eigenvalue weighted by atomic mass is 32.2. The number of esters is 1. The molecule has 1 atom stereocenters. The van der Waals surface area contributed by atoms with Crippen LogP contribution in [0.2, 0.25) is 0 Å². The van der Waals surface area contributed by atoms with Crippen molar-refractivity contribution in [2.75, 3.05) is 7.11 Å². The molecule has 0 saturated carbocycles. The van der Waals surface area contributed by atoms with E-state index in [2.05, 4.69) is 4.74 Å². The second-order valence-electron chi connectivity index (χ2n) is 3.44. The van der Waals surface area contributed by atoms with Crippen molar-refractivity contribution >= 4 is 16.0 Å². The van der Waals surface area contributed by atoms with Gasteiger partial charge in [0.25, 0.3) is 0 Å². The molecule has 1 N–H and O–H groups in total. The van der Waals surface area contributed by atoms with Gasteiger partial charge in [0.1, 0.15) is 22.6 Å². The highest BCUT2D eigenvalue weighted by molar-refractivity contribution is 7.89. The van der Waals surface area contributed by atoms with Gasteiger partial charge in [-0.1, -0.05) is 0 Å². The topological polar surface area (TPSA) is 72.5 Å². The van der Waals surface area contributed by atoms with Crippen molar-refractivity contribution in [3.8, 4) is 0 Å². The minimum atomic E-state index is -4.33. The van der Waals surface area contributed by atoms with E-state index in [0.29, 0.717) is 12.1 Å². The number of methoxy groups -OCH3 is 1. The van der Waals surface area contributed by atoms with Gasteiger partial charge in [0, 0.05) is 0 Å². The van der Waals surface area contributed by atoms with Crippen LogP contribution in [0, 0.1) is 11.6 Å². The van der Waals surface area contributed by atoms with Gasteiger partial charge in [-0.15, -0.1) is 0 Å². The van der Waals surface area contributed by atoms with E-state index in [4.69, 9.17) is 0 Å². The average Bonchev–Trinajstić information content (AvgIpc) is 2.30. The molecule has 0 fully saturated rings. The molecule has 0 heterocycles. The molecule has 1 aromatic rings. The Balaban J connectivity index is 3.07. The predicted octanol–water partition coefficient (Wildman–Crippen LogP) is 0.805. The van der Waals surface area contributed by atoms with Crippen LogP contribution < -0.4 is 4.72 Å². The fourth-order valence-electron chi connectivity index (χ4n) is 1.20. The van der Waals surface area contributed by atoms with Crippen molar-refractivity contribution < 1.29 is 26.7 Å². The zero-order valence-electron chi connectivity index (χ0n) is 9.61. The molecule has 0 spiro atoms. The van der Waals surface area contributed by atoms with Gasteiger partial charge >= 0.3 is 5.97 Å². The van der Waals surface area contributed by atoms with Crippen molar-refractivity contribution in [1.29, 1.82) is 0 Å². The lowest BCUT2D eigenvalue weighted by Gasteiger charge is -2.12. The number of benzene rings is 1. The zero-order valence-corrected chi connectivity index (χ0v) is 10.4. The maximum absolute atomic E-state index is 13.3. The average molecular weight is 279 g/mol. The van der Waals surface area contributed by atoms with E-state index in [-0.39, 0.29) is 0 Å². The lowest BCUT2D eigenvalue weighted by molar-refractivity contribution is -0.142. The summed E-state index contributed by atoms with van der Waals surface area (Å²) in [5.41, 5.74) is 0. The Bertz CT molecular complexity index is 559. The normalized spacial score (nSPS) is 13.1. The van der Waals surface area contributed by atoms with Crippen LogP contribution in [0.5, 0.6) is 0 Å². The Morgan fingerprint density at radius 1 is 1.39 bits per heavy atom. The monoisotopic (exact) mass is 279 g/mol. The smallest absolute Gasteiger partial charge is 0.323 e. The van der Waals surface area contributed by atoms with Crippen LogP contribution in [0.1, 0.15) is 6.92 Å². The number of hydrogen-bond acceptors (Lipinski definition) is 4. The maximum atomic E-state index is 13.3. The molecule has 0 radical (unpaired) electrons. The second kappa shape index (κ2) is 5.40. The predicted molar refractivity (Wildman–Crippen MR) is 58.2 cm³/mol. The van der Waals surface area contributed by atoms with E-state index in [0.717, 1.165) is 13.2 Å². The molecule has 18 heavy (non-hydrogen) atoms. The Hall–Kier alpha value is -1.54. The summed E-state index contributed by atoms with van der Waals surface area (Å²) < 4.78 is 55.8. The molecule has 0 aliphatic rings. The van der Waals surface area contributed by atoms with Gasteiger partial charge in [0.2, 0.25) is 10.0 Å². The van der Waals surface area contributed by atoms with Crippen LogP contribution in [0.4, 0.5) is 8.78 Å². The Labute approximate surface area is 103 Å². The molecule has 0 aromatic heterocycles. The molecule has 0 aliphatic carbocycles. The molecular formula is C10H11F2NO4S. The first kappa shape index (κ1) is 14.5. The van der Waals surface area contributed by atoms with Crippen LogP contribution in [0.3, 0.4) is 0 Å². The van der Waals surface area contributed by atoms with E-state index in [1.807, 2.05) is 4.72 Å². The first-order chi connectivity index (χ1) is 8.27. The summed E-state index contributed by atoms with van der Waals surface area (Å²) in [4.78, 5) is 10.2. The maximum Gasteiger partial charge on any atom is 0.323 e. The van der Waals surface area contributed by atoms with E-state index < -0.39 is 38.6 Å². The van der Waals surface area contributed by atoms with E-state index >= 15 is 0 Å². The SMILES string of the molecule is COC(=O)[C@H](C)NS(=O)(=O)c1cc(F)ccc1F. The summed E-state index contributed by atoms with van der Waals surface area (Å²) in [6.07, 6.45) is 0. The lowest BCUT2D eigenvalue weighted by atomic mass is 10.3. The third-order valence-corrected chi connectivity index (χ3v) is 3.63. The summed E-state index contributed by atoms with van der Waals surface area (Å²) in [6.45, 7) is 1.22. The molecule has 0 unspecified atom stereocenters. The van der Waals surface area contributed by atoms with Crippen molar-refractivity contribution in [1.82, 2.24) is 4.72 Å². The third-order valence-electron chi connectivity index (χ3n) is 2.07. The van der Waals surface area contributed by atoms with Gasteiger partial charge in [-0.05, 0) is 25.1 Å². The van der Waals surface area contributed by atoms with Crippen molar-refractivity contribution in [2.24, 2.45) is 0 Å². The summed E-state index contributed by atoms with van der Waals surface area (Å²) in [6, 6.07) is 0.801. The number of hydrogen-bond donors (Lipinski definition) is 1. The molecule has 0 bridgehead atoms. The van der Waals surface area contributed by atoms with Crippen LogP contribution in [-0.2, 0) is 19.6 Å². The van der Waals surface area contributed by atoms with Crippen LogP contribution in [-0.4, -0.2) is 27.5 Å². The number of carbonyl (C=O) groups excluding carboxylic acids is 1. The molecule has 0 amide bonds. The van der Waals surface area contributed by atoms with Crippen molar-refractivity contribution in [2.45, 2.75) is 17.9 Å². The standard InChI is InChI=1S/C10H11F2NO4S/c1-6(10(14)17-2)13-18(15,16)9-5-7(11)3-4-8(9)12/h3-6,13H,1-2H3/t6-/m0/s1. The van der Waals surface area contributed by atoms with Crippen LogP contribution in [0.25, 0.3) is 0 Å². The first-order valence-electron chi connectivity index (χ1n) is 4.83. The second-order valence-corrected chi connectivity index (χ2v) is 5.12. The van der Waals surface area contributed by atoms with E-state index in [1.165, 1.54) is 6.92 Å². The highest BCUT2D eigenvalue weighted by Crippen LogP contribution is 2.16. The zero-order chi connectivity index (χ0) is 13.9. The Morgan fingerprint density at radius 3 is 2.56 bits per heavy atom. The quantitative estimate of drug-likeness (QED) is 0.828. The van der Waals surface area contributed by atoms with Gasteiger partial charge in [-0.3, -0.25) is 4.79 Å². The Morgan fingerprint density at radius 2 is 2.00 bits per heavy atom. The number of sulfonamides is 1. The van der Waals surface area contributed by atoms with Crippen LogP contribution in [0.15, 0.2) is 23.1 Å². The molecular weight excluding hydrogens is 268 g/mol. The number of carbonyl (C=O) groups is 1. The van der Waals surface area contributed by atoms with Gasteiger partial charge < -0.3 is 4.74 Å². The van der Waals surface area contributed by atoms with Gasteiger partial charge in [0.05, 0.1) is 7.11 Å². The summed E-state index contributed by atoms with van der Waals surface area (Å²) >= 11 is 0. The summed E-state index contributed by atoms with van der Waals surface area (Å²) in [7, 11) is -3.25. The lowest BCUT2D eigenvalue weighted by Crippen LogP contribution is -2.39. The summed E-state index contributed by atoms with van der Waals surface area (Å²) in [5.74, 6) is -2.85. The molecule has 0 aliphatic heterocycles. The minimum absolute atomic E-state index is 0.529. The van der Waals surface area contributed by atoms with E-state index in [1.54, 1.807) is 0 Å². The highest BCUT2D eigenvalue weighted by Gasteiger charge is 2.25. The third kappa shape index (κ3) is 3.23. The van der Waals surface area contributed by atoms with Crippen molar-refractivity contribution in [3.63, 3.8) is 0 Å².